The second-order valence-corrected chi connectivity index (χ2v) is 4.46. The first-order valence-corrected chi connectivity index (χ1v) is 6.55. The van der Waals surface area contributed by atoms with E-state index in [1.54, 1.807) is 0 Å². The van der Waals surface area contributed by atoms with E-state index in [-0.39, 0.29) is 6.04 Å². The third-order valence-electron chi connectivity index (χ3n) is 2.95. The molecule has 0 aliphatic carbocycles. The van der Waals surface area contributed by atoms with Gasteiger partial charge >= 0.3 is 0 Å². The minimum Gasteiger partial charge on any atom is -0.492 e. The summed E-state index contributed by atoms with van der Waals surface area (Å²) in [5, 5.41) is 0. The Bertz CT molecular complexity index is 428. The highest BCUT2D eigenvalue weighted by molar-refractivity contribution is 5.41. The summed E-state index contributed by atoms with van der Waals surface area (Å²) in [6.45, 7) is 6.67. The molecule has 0 fully saturated rings. The molecule has 0 aliphatic heterocycles. The lowest BCUT2D eigenvalue weighted by molar-refractivity contribution is 0.320. The molecule has 1 aromatic carbocycles. The molecule has 0 radical (unpaired) electrons. The number of hydrogen-bond donors (Lipinski definition) is 1. The number of nitrogens with two attached hydrogens (primary N) is 1. The van der Waals surface area contributed by atoms with Gasteiger partial charge in [0.2, 0.25) is 0 Å². The molecule has 1 atom stereocenters. The molecule has 18 heavy (non-hydrogen) atoms. The predicted molar refractivity (Wildman–Crippen MR) is 76.7 cm³/mol. The number of benzene rings is 1. The van der Waals surface area contributed by atoms with Crippen LogP contribution >= 0.6 is 0 Å². The van der Waals surface area contributed by atoms with Gasteiger partial charge in [-0.05, 0) is 37.8 Å². The Labute approximate surface area is 111 Å². The summed E-state index contributed by atoms with van der Waals surface area (Å²) in [6.07, 6.45) is 2.62. The third kappa shape index (κ3) is 4.43. The molecule has 0 aromatic heterocycles. The van der Waals surface area contributed by atoms with Gasteiger partial charge in [-0.2, -0.15) is 0 Å². The fraction of sp³-hybridized carbons (Fsp3) is 0.500. The van der Waals surface area contributed by atoms with Crippen LogP contribution in [0, 0.1) is 18.8 Å². The first-order valence-electron chi connectivity index (χ1n) is 6.55. The number of aryl methyl sites for hydroxylation is 1. The molecule has 2 nitrogen and oxygen atoms in total. The van der Waals surface area contributed by atoms with Crippen molar-refractivity contribution in [3.8, 4) is 17.6 Å². The molecule has 0 heterocycles. The molecule has 0 bridgehead atoms. The van der Waals surface area contributed by atoms with Crippen LogP contribution in [0.15, 0.2) is 18.2 Å². The van der Waals surface area contributed by atoms with Crippen LogP contribution in [0.5, 0.6) is 5.75 Å². The van der Waals surface area contributed by atoms with Gasteiger partial charge in [0.1, 0.15) is 5.75 Å². The summed E-state index contributed by atoms with van der Waals surface area (Å²) in [7, 11) is 0. The largest absolute Gasteiger partial charge is 0.492 e. The second kappa shape index (κ2) is 7.79. The molecule has 98 valence electrons. The Kier molecular flexibility index (Phi) is 6.32. The van der Waals surface area contributed by atoms with Crippen molar-refractivity contribution in [3.05, 3.63) is 29.3 Å². The van der Waals surface area contributed by atoms with Crippen LogP contribution in [0.4, 0.5) is 0 Å². The molecule has 0 aliphatic rings. The number of ether oxygens (including phenoxy) is 1. The van der Waals surface area contributed by atoms with Crippen LogP contribution < -0.4 is 10.5 Å². The van der Waals surface area contributed by atoms with Gasteiger partial charge in [0.25, 0.3) is 0 Å². The zero-order chi connectivity index (χ0) is 13.4. The summed E-state index contributed by atoms with van der Waals surface area (Å²) in [4.78, 5) is 0. The van der Waals surface area contributed by atoms with E-state index < -0.39 is 0 Å². The van der Waals surface area contributed by atoms with E-state index in [4.69, 9.17) is 10.5 Å². The summed E-state index contributed by atoms with van der Waals surface area (Å²) in [5.41, 5.74) is 8.39. The molecule has 1 rings (SSSR count). The van der Waals surface area contributed by atoms with Crippen LogP contribution in [0.3, 0.4) is 0 Å². The Morgan fingerprint density at radius 3 is 2.83 bits per heavy atom. The zero-order valence-corrected chi connectivity index (χ0v) is 11.6. The second-order valence-electron chi connectivity index (χ2n) is 4.46. The highest BCUT2D eigenvalue weighted by Crippen LogP contribution is 2.25. The topological polar surface area (TPSA) is 35.2 Å². The lowest BCUT2D eigenvalue weighted by Crippen LogP contribution is -2.22. The minimum absolute atomic E-state index is 0.199. The van der Waals surface area contributed by atoms with Crippen LogP contribution in [0.1, 0.15) is 37.8 Å². The molecule has 0 saturated heterocycles. The maximum absolute atomic E-state index is 6.02. The van der Waals surface area contributed by atoms with Crippen molar-refractivity contribution in [1.82, 2.24) is 0 Å². The van der Waals surface area contributed by atoms with Gasteiger partial charge < -0.3 is 10.5 Å². The van der Waals surface area contributed by atoms with Gasteiger partial charge in [-0.3, -0.25) is 0 Å². The van der Waals surface area contributed by atoms with E-state index in [2.05, 4.69) is 43.9 Å². The van der Waals surface area contributed by atoms with Gasteiger partial charge in [0, 0.05) is 12.5 Å². The summed E-state index contributed by atoms with van der Waals surface area (Å²) >= 11 is 0. The Morgan fingerprint density at radius 1 is 1.39 bits per heavy atom. The van der Waals surface area contributed by atoms with Crippen molar-refractivity contribution in [2.75, 3.05) is 6.61 Å². The molecule has 1 unspecified atom stereocenters. The first-order chi connectivity index (χ1) is 8.69. The van der Waals surface area contributed by atoms with Crippen LogP contribution in [-0.2, 0) is 6.42 Å². The van der Waals surface area contributed by atoms with Crippen molar-refractivity contribution < 1.29 is 4.74 Å². The number of hydrogen-bond acceptors (Lipinski definition) is 2. The third-order valence-corrected chi connectivity index (χ3v) is 2.95. The van der Waals surface area contributed by atoms with E-state index in [1.807, 2.05) is 6.92 Å². The minimum atomic E-state index is 0.199. The highest BCUT2D eigenvalue weighted by Gasteiger charge is 2.09. The SMILES string of the molecule is CC#CCCOc1c(C)cccc1CC(N)CC. The molecule has 0 saturated carbocycles. The van der Waals surface area contributed by atoms with E-state index in [0.29, 0.717) is 6.61 Å². The maximum Gasteiger partial charge on any atom is 0.125 e. The monoisotopic (exact) mass is 245 g/mol. The van der Waals surface area contributed by atoms with Crippen molar-refractivity contribution in [2.45, 2.75) is 46.1 Å². The zero-order valence-electron chi connectivity index (χ0n) is 11.6. The van der Waals surface area contributed by atoms with E-state index in [0.717, 1.165) is 25.0 Å². The van der Waals surface area contributed by atoms with Crippen molar-refractivity contribution in [3.63, 3.8) is 0 Å². The maximum atomic E-state index is 6.02. The number of para-hydroxylation sites is 1. The van der Waals surface area contributed by atoms with Crippen molar-refractivity contribution in [2.24, 2.45) is 5.73 Å². The molecule has 2 N–H and O–H groups in total. The molecular weight excluding hydrogens is 222 g/mol. The summed E-state index contributed by atoms with van der Waals surface area (Å²) < 4.78 is 5.86. The molecular formula is C16H23NO. The van der Waals surface area contributed by atoms with Crippen LogP contribution in [-0.4, -0.2) is 12.6 Å². The lowest BCUT2D eigenvalue weighted by Gasteiger charge is -2.16. The van der Waals surface area contributed by atoms with E-state index in [9.17, 15) is 0 Å². The smallest absolute Gasteiger partial charge is 0.125 e. The highest BCUT2D eigenvalue weighted by atomic mass is 16.5. The summed E-state index contributed by atoms with van der Waals surface area (Å²) in [5.74, 6) is 6.87. The fourth-order valence-electron chi connectivity index (χ4n) is 1.84. The summed E-state index contributed by atoms with van der Waals surface area (Å²) in [6, 6.07) is 6.43. The standard InChI is InChI=1S/C16H23NO/c1-4-6-7-11-18-16-13(3)9-8-10-14(16)12-15(17)5-2/h8-10,15H,5,7,11-12,17H2,1-3H3. The van der Waals surface area contributed by atoms with Gasteiger partial charge in [-0.15, -0.1) is 11.8 Å². The van der Waals surface area contributed by atoms with Crippen LogP contribution in [0.2, 0.25) is 0 Å². The predicted octanol–water partition coefficient (Wildman–Crippen LogP) is 3.07. The van der Waals surface area contributed by atoms with Gasteiger partial charge in [0.15, 0.2) is 0 Å². The Morgan fingerprint density at radius 2 is 2.17 bits per heavy atom. The van der Waals surface area contributed by atoms with E-state index >= 15 is 0 Å². The molecule has 0 spiro atoms. The van der Waals surface area contributed by atoms with Gasteiger partial charge in [0.05, 0.1) is 6.61 Å². The molecule has 1 aromatic rings. The van der Waals surface area contributed by atoms with Crippen molar-refractivity contribution >= 4 is 0 Å². The normalized spacial score (nSPS) is 11.6. The number of rotatable bonds is 6. The van der Waals surface area contributed by atoms with Crippen molar-refractivity contribution in [1.29, 1.82) is 0 Å². The lowest BCUT2D eigenvalue weighted by atomic mass is 10.0. The van der Waals surface area contributed by atoms with E-state index in [1.165, 1.54) is 11.1 Å². The molecule has 0 amide bonds. The Balaban J connectivity index is 2.75. The first kappa shape index (κ1) is 14.6. The van der Waals surface area contributed by atoms with Crippen LogP contribution in [0.25, 0.3) is 0 Å². The quantitative estimate of drug-likeness (QED) is 0.617. The van der Waals surface area contributed by atoms with Gasteiger partial charge in [-0.25, -0.2) is 0 Å². The average Bonchev–Trinajstić information content (AvgIpc) is 2.37. The fourth-order valence-corrected chi connectivity index (χ4v) is 1.84. The average molecular weight is 245 g/mol. The van der Waals surface area contributed by atoms with Gasteiger partial charge in [-0.1, -0.05) is 25.1 Å². The molecule has 2 heteroatoms. The Hall–Kier alpha value is -1.46.